The van der Waals surface area contributed by atoms with Gasteiger partial charge in [-0.2, -0.15) is 9.97 Å². The van der Waals surface area contributed by atoms with E-state index in [1.807, 2.05) is 6.07 Å². The molecular weight excluding hydrogens is 256 g/mol. The fraction of sp³-hybridized carbons (Fsp3) is 0.429. The first-order valence-electron chi connectivity index (χ1n) is 6.65. The van der Waals surface area contributed by atoms with Crippen LogP contribution >= 0.6 is 0 Å². The Bertz CT molecular complexity index is 611. The number of benzene rings is 1. The van der Waals surface area contributed by atoms with Gasteiger partial charge in [0.15, 0.2) is 0 Å². The lowest BCUT2D eigenvalue weighted by atomic mass is 10.0. The van der Waals surface area contributed by atoms with E-state index >= 15 is 0 Å². The van der Waals surface area contributed by atoms with Crippen LogP contribution < -0.4 is 20.1 Å². The van der Waals surface area contributed by atoms with Crippen molar-refractivity contribution in [3.8, 4) is 11.9 Å². The predicted octanol–water partition coefficient (Wildman–Crippen LogP) is 0.881. The largest absolute Gasteiger partial charge is 0.480 e. The summed E-state index contributed by atoms with van der Waals surface area (Å²) in [4.78, 5) is 8.59. The lowest BCUT2D eigenvalue weighted by Gasteiger charge is -2.25. The molecule has 106 valence electrons. The normalized spacial score (nSPS) is 19.0. The fourth-order valence-electron chi connectivity index (χ4n) is 2.45. The molecule has 1 fully saturated rings. The van der Waals surface area contributed by atoms with Crippen LogP contribution in [0.5, 0.6) is 11.9 Å². The van der Waals surface area contributed by atoms with Crippen molar-refractivity contribution in [1.29, 1.82) is 0 Å². The van der Waals surface area contributed by atoms with Gasteiger partial charge >= 0.3 is 6.01 Å². The molecule has 1 aromatic heterocycles. The van der Waals surface area contributed by atoms with Gasteiger partial charge < -0.3 is 20.1 Å². The molecule has 2 N–H and O–H groups in total. The minimum atomic E-state index is 0.306. The number of hydrogen-bond donors (Lipinski definition) is 2. The summed E-state index contributed by atoms with van der Waals surface area (Å²) in [5, 5.41) is 7.76. The van der Waals surface area contributed by atoms with E-state index in [2.05, 4.69) is 32.7 Å². The van der Waals surface area contributed by atoms with Crippen LogP contribution in [0.2, 0.25) is 0 Å². The third-order valence-electron chi connectivity index (χ3n) is 3.48. The highest BCUT2D eigenvalue weighted by atomic mass is 16.5. The van der Waals surface area contributed by atoms with Gasteiger partial charge in [-0.15, -0.1) is 0 Å². The van der Waals surface area contributed by atoms with E-state index in [-0.39, 0.29) is 0 Å². The van der Waals surface area contributed by atoms with Crippen molar-refractivity contribution in [1.82, 2.24) is 20.6 Å². The van der Waals surface area contributed by atoms with E-state index in [9.17, 15) is 0 Å². The second-order valence-electron chi connectivity index (χ2n) is 4.71. The number of methoxy groups -OCH3 is 2. The van der Waals surface area contributed by atoms with Crippen LogP contribution in [0.1, 0.15) is 11.6 Å². The lowest BCUT2D eigenvalue weighted by molar-refractivity contribution is 0.357. The van der Waals surface area contributed by atoms with Crippen molar-refractivity contribution in [2.24, 2.45) is 0 Å². The van der Waals surface area contributed by atoms with Gasteiger partial charge in [0.25, 0.3) is 0 Å². The topological polar surface area (TPSA) is 68.3 Å². The highest BCUT2D eigenvalue weighted by Crippen LogP contribution is 2.27. The van der Waals surface area contributed by atoms with Gasteiger partial charge in [0, 0.05) is 25.7 Å². The van der Waals surface area contributed by atoms with Gasteiger partial charge in [0.1, 0.15) is 0 Å². The van der Waals surface area contributed by atoms with Crippen molar-refractivity contribution < 1.29 is 9.47 Å². The van der Waals surface area contributed by atoms with Gasteiger partial charge in [0.2, 0.25) is 5.88 Å². The summed E-state index contributed by atoms with van der Waals surface area (Å²) >= 11 is 0. The van der Waals surface area contributed by atoms with Crippen molar-refractivity contribution >= 4 is 10.9 Å². The molecule has 1 unspecified atom stereocenters. The Morgan fingerprint density at radius 2 is 2.05 bits per heavy atom. The summed E-state index contributed by atoms with van der Waals surface area (Å²) in [6.45, 7) is 2.90. The number of hydrogen-bond acceptors (Lipinski definition) is 6. The van der Waals surface area contributed by atoms with Gasteiger partial charge in [-0.25, -0.2) is 0 Å². The Morgan fingerprint density at radius 3 is 2.75 bits per heavy atom. The van der Waals surface area contributed by atoms with E-state index in [0.29, 0.717) is 17.9 Å². The average molecular weight is 274 g/mol. The van der Waals surface area contributed by atoms with E-state index in [0.717, 1.165) is 30.5 Å². The lowest BCUT2D eigenvalue weighted by Crippen LogP contribution is -2.42. The van der Waals surface area contributed by atoms with E-state index in [1.165, 1.54) is 5.56 Å². The second kappa shape index (κ2) is 5.60. The Morgan fingerprint density at radius 1 is 1.15 bits per heavy atom. The third-order valence-corrected chi connectivity index (χ3v) is 3.48. The van der Waals surface area contributed by atoms with Crippen molar-refractivity contribution in [2.45, 2.75) is 6.04 Å². The molecule has 1 aliphatic heterocycles. The second-order valence-corrected chi connectivity index (χ2v) is 4.71. The van der Waals surface area contributed by atoms with Crippen LogP contribution in [0, 0.1) is 0 Å². The van der Waals surface area contributed by atoms with Crippen LogP contribution in [0.15, 0.2) is 18.2 Å². The Hall–Kier alpha value is -1.92. The Balaban J connectivity index is 2.04. The Kier molecular flexibility index (Phi) is 3.66. The summed E-state index contributed by atoms with van der Waals surface area (Å²) in [6, 6.07) is 6.78. The molecule has 6 heteroatoms. The molecule has 2 aromatic rings. The zero-order valence-electron chi connectivity index (χ0n) is 11.6. The maximum atomic E-state index is 5.30. The van der Waals surface area contributed by atoms with Crippen molar-refractivity contribution in [3.63, 3.8) is 0 Å². The number of nitrogens with one attached hydrogen (secondary N) is 2. The average Bonchev–Trinajstić information content (AvgIpc) is 2.54. The first-order valence-corrected chi connectivity index (χ1v) is 6.65. The molecule has 0 aliphatic carbocycles. The minimum absolute atomic E-state index is 0.306. The number of aromatic nitrogens is 2. The maximum Gasteiger partial charge on any atom is 0.320 e. The molecule has 0 spiro atoms. The van der Waals surface area contributed by atoms with Crippen LogP contribution in [-0.4, -0.2) is 43.8 Å². The molecule has 0 radical (unpaired) electrons. The van der Waals surface area contributed by atoms with Crippen molar-refractivity contribution in [3.05, 3.63) is 23.8 Å². The first kappa shape index (κ1) is 13.1. The van der Waals surface area contributed by atoms with E-state index in [1.54, 1.807) is 14.2 Å². The molecule has 1 aliphatic rings. The number of fused-ring (bicyclic) bond motifs is 1. The highest BCUT2D eigenvalue weighted by Gasteiger charge is 2.16. The van der Waals surface area contributed by atoms with Crippen molar-refractivity contribution in [2.75, 3.05) is 33.9 Å². The third kappa shape index (κ3) is 2.39. The maximum absolute atomic E-state index is 5.30. The minimum Gasteiger partial charge on any atom is -0.480 e. The Labute approximate surface area is 117 Å². The number of ether oxygens (including phenoxy) is 2. The van der Waals surface area contributed by atoms with E-state index in [4.69, 9.17) is 9.47 Å². The molecule has 1 atom stereocenters. The van der Waals surface area contributed by atoms with Gasteiger partial charge in [0.05, 0.1) is 25.1 Å². The summed E-state index contributed by atoms with van der Waals surface area (Å²) in [5.74, 6) is 0.535. The van der Waals surface area contributed by atoms with Crippen LogP contribution in [0.3, 0.4) is 0 Å². The molecule has 20 heavy (non-hydrogen) atoms. The summed E-state index contributed by atoms with van der Waals surface area (Å²) in [7, 11) is 3.15. The summed E-state index contributed by atoms with van der Waals surface area (Å²) in [6.07, 6.45) is 0. The zero-order chi connectivity index (χ0) is 13.9. The standard InChI is InChI=1S/C14H18N4O2/c1-19-13-10-4-3-9(12-8-15-5-6-16-12)7-11(10)17-14(18-13)20-2/h3-4,7,12,15-16H,5-6,8H2,1-2H3. The summed E-state index contributed by atoms with van der Waals surface area (Å²) in [5.41, 5.74) is 2.03. The van der Waals surface area contributed by atoms with Crippen LogP contribution in [0.4, 0.5) is 0 Å². The number of nitrogens with zero attached hydrogens (tertiary/aromatic N) is 2. The molecule has 2 heterocycles. The quantitative estimate of drug-likeness (QED) is 0.866. The number of rotatable bonds is 3. The first-order chi connectivity index (χ1) is 9.81. The van der Waals surface area contributed by atoms with Gasteiger partial charge in [-0.05, 0) is 17.7 Å². The molecule has 0 amide bonds. The molecular formula is C14H18N4O2. The fourth-order valence-corrected chi connectivity index (χ4v) is 2.45. The zero-order valence-corrected chi connectivity index (χ0v) is 11.6. The SMILES string of the molecule is COc1nc(OC)c2ccc(C3CNCCN3)cc2n1. The molecule has 3 rings (SSSR count). The monoisotopic (exact) mass is 274 g/mol. The van der Waals surface area contributed by atoms with Crippen LogP contribution in [0.25, 0.3) is 10.9 Å². The van der Waals surface area contributed by atoms with Gasteiger partial charge in [-0.1, -0.05) is 6.07 Å². The smallest absolute Gasteiger partial charge is 0.320 e. The predicted molar refractivity (Wildman–Crippen MR) is 76.3 cm³/mol. The van der Waals surface area contributed by atoms with E-state index < -0.39 is 0 Å². The molecule has 1 aromatic carbocycles. The number of piperazine rings is 1. The molecule has 1 saturated heterocycles. The van der Waals surface area contributed by atoms with Crippen LogP contribution in [-0.2, 0) is 0 Å². The van der Waals surface area contributed by atoms with Gasteiger partial charge in [-0.3, -0.25) is 0 Å². The highest BCUT2D eigenvalue weighted by molar-refractivity contribution is 5.84. The molecule has 0 bridgehead atoms. The molecule has 6 nitrogen and oxygen atoms in total. The summed E-state index contributed by atoms with van der Waals surface area (Å²) < 4.78 is 10.4. The molecule has 0 saturated carbocycles.